The molecule has 2 unspecified atom stereocenters. The number of piperidine rings is 1. The van der Waals surface area contributed by atoms with Crippen LogP contribution in [0.1, 0.15) is 35.6 Å². The zero-order valence-electron chi connectivity index (χ0n) is 14.8. The van der Waals surface area contributed by atoms with Crippen molar-refractivity contribution in [2.24, 2.45) is 5.92 Å². The summed E-state index contributed by atoms with van der Waals surface area (Å²) in [6.45, 7) is 7.01. The number of pyridine rings is 1. The van der Waals surface area contributed by atoms with E-state index in [2.05, 4.69) is 26.0 Å². The van der Waals surface area contributed by atoms with Crippen LogP contribution >= 0.6 is 0 Å². The molecule has 0 aliphatic carbocycles. The standard InChI is InChI=1S/C19H24N4O2/c1-13-18(14(2)25-21-13)12-23-17-7-6-15(19(23)24)9-22(11-17)10-16-5-3-4-8-20-16/h3-5,8,15,17H,6-7,9-12H2,1-2H3. The zero-order chi connectivity index (χ0) is 17.4. The zero-order valence-corrected chi connectivity index (χ0v) is 14.8. The van der Waals surface area contributed by atoms with Gasteiger partial charge < -0.3 is 9.42 Å². The molecular formula is C19H24N4O2. The van der Waals surface area contributed by atoms with Gasteiger partial charge in [0.1, 0.15) is 5.76 Å². The van der Waals surface area contributed by atoms with Crippen LogP contribution in [0, 0.1) is 19.8 Å². The molecule has 3 aliphatic heterocycles. The summed E-state index contributed by atoms with van der Waals surface area (Å²) in [7, 11) is 0. The Kier molecular flexibility index (Phi) is 4.29. The molecule has 6 heteroatoms. The van der Waals surface area contributed by atoms with Crippen molar-refractivity contribution in [2.75, 3.05) is 13.1 Å². The molecule has 0 saturated carbocycles. The van der Waals surface area contributed by atoms with E-state index in [9.17, 15) is 4.79 Å². The molecule has 2 aromatic rings. The number of nitrogens with zero attached hydrogens (tertiary/aromatic N) is 4. The number of amides is 1. The fourth-order valence-corrected chi connectivity index (χ4v) is 4.09. The quantitative estimate of drug-likeness (QED) is 0.855. The molecule has 5 heterocycles. The fraction of sp³-hybridized carbons (Fsp3) is 0.526. The molecule has 2 atom stereocenters. The van der Waals surface area contributed by atoms with Gasteiger partial charge in [0.25, 0.3) is 0 Å². The van der Waals surface area contributed by atoms with E-state index in [1.807, 2.05) is 32.2 Å². The molecule has 0 radical (unpaired) electrons. The highest BCUT2D eigenvalue weighted by Gasteiger charge is 2.41. The Morgan fingerprint density at radius 1 is 1.20 bits per heavy atom. The minimum atomic E-state index is 0.0861. The van der Waals surface area contributed by atoms with Crippen LogP contribution in [0.2, 0.25) is 0 Å². The van der Waals surface area contributed by atoms with Gasteiger partial charge >= 0.3 is 0 Å². The Bertz CT molecular complexity index is 739. The van der Waals surface area contributed by atoms with E-state index in [0.29, 0.717) is 6.54 Å². The highest BCUT2D eigenvalue weighted by Crippen LogP contribution is 2.31. The third-order valence-corrected chi connectivity index (χ3v) is 5.49. The van der Waals surface area contributed by atoms with Crippen LogP contribution in [-0.4, -0.2) is 45.0 Å². The number of hydrogen-bond donors (Lipinski definition) is 0. The summed E-state index contributed by atoms with van der Waals surface area (Å²) in [6.07, 6.45) is 3.88. The number of carbonyl (C=O) groups is 1. The lowest BCUT2D eigenvalue weighted by molar-refractivity contribution is -0.140. The van der Waals surface area contributed by atoms with Crippen molar-refractivity contribution in [3.8, 4) is 0 Å². The van der Waals surface area contributed by atoms with Crippen LogP contribution in [-0.2, 0) is 17.9 Å². The molecule has 6 nitrogen and oxygen atoms in total. The summed E-state index contributed by atoms with van der Waals surface area (Å²) in [4.78, 5) is 21.9. The van der Waals surface area contributed by atoms with Gasteiger partial charge in [-0.05, 0) is 38.8 Å². The number of hydrogen-bond acceptors (Lipinski definition) is 5. The van der Waals surface area contributed by atoms with Crippen molar-refractivity contribution < 1.29 is 9.32 Å². The van der Waals surface area contributed by atoms with Crippen LogP contribution in [0.4, 0.5) is 0 Å². The Hall–Kier alpha value is -2.21. The Labute approximate surface area is 147 Å². The van der Waals surface area contributed by atoms with Crippen LogP contribution in [0.5, 0.6) is 0 Å². The number of carbonyl (C=O) groups excluding carboxylic acids is 1. The van der Waals surface area contributed by atoms with Gasteiger partial charge in [0.05, 0.1) is 23.9 Å². The molecule has 3 fully saturated rings. The van der Waals surface area contributed by atoms with E-state index in [4.69, 9.17) is 4.52 Å². The maximum Gasteiger partial charge on any atom is 0.227 e. The molecule has 2 aromatic heterocycles. The molecule has 132 valence electrons. The predicted molar refractivity (Wildman–Crippen MR) is 92.6 cm³/mol. The highest BCUT2D eigenvalue weighted by molar-refractivity contribution is 5.80. The Morgan fingerprint density at radius 3 is 2.80 bits per heavy atom. The average Bonchev–Trinajstić information content (AvgIpc) is 2.77. The third-order valence-electron chi connectivity index (χ3n) is 5.49. The number of aryl methyl sites for hydroxylation is 2. The Morgan fingerprint density at radius 2 is 2.08 bits per heavy atom. The molecule has 1 amide bonds. The first-order valence-electron chi connectivity index (χ1n) is 8.96. The van der Waals surface area contributed by atoms with E-state index in [1.54, 1.807) is 0 Å². The summed E-state index contributed by atoms with van der Waals surface area (Å²) in [5.41, 5.74) is 3.00. The lowest BCUT2D eigenvalue weighted by Crippen LogP contribution is -2.47. The summed E-state index contributed by atoms with van der Waals surface area (Å²) < 4.78 is 5.28. The van der Waals surface area contributed by atoms with Crippen molar-refractivity contribution in [3.63, 3.8) is 0 Å². The molecular weight excluding hydrogens is 316 g/mol. The van der Waals surface area contributed by atoms with Crippen molar-refractivity contribution in [1.29, 1.82) is 0 Å². The first-order valence-corrected chi connectivity index (χ1v) is 8.96. The second-order valence-electron chi connectivity index (χ2n) is 7.21. The predicted octanol–water partition coefficient (Wildman–Crippen LogP) is 2.31. The molecule has 0 spiro atoms. The van der Waals surface area contributed by atoms with Crippen LogP contribution in [0.3, 0.4) is 0 Å². The molecule has 25 heavy (non-hydrogen) atoms. The molecule has 5 rings (SSSR count). The summed E-state index contributed by atoms with van der Waals surface area (Å²) in [5, 5.41) is 4.03. The van der Waals surface area contributed by atoms with Crippen molar-refractivity contribution in [1.82, 2.24) is 19.9 Å². The van der Waals surface area contributed by atoms with Crippen molar-refractivity contribution in [2.45, 2.75) is 45.8 Å². The van der Waals surface area contributed by atoms with Crippen LogP contribution in [0.15, 0.2) is 28.9 Å². The first-order chi connectivity index (χ1) is 12.1. The smallest absolute Gasteiger partial charge is 0.227 e. The highest BCUT2D eigenvalue weighted by atomic mass is 16.5. The number of aromatic nitrogens is 2. The second kappa shape index (κ2) is 6.59. The normalized spacial score (nSPS) is 23.9. The lowest BCUT2D eigenvalue weighted by Gasteiger charge is -2.36. The monoisotopic (exact) mass is 340 g/mol. The van der Waals surface area contributed by atoms with E-state index in [0.717, 1.165) is 55.2 Å². The van der Waals surface area contributed by atoms with Gasteiger partial charge in [0.2, 0.25) is 5.91 Å². The SMILES string of the molecule is Cc1noc(C)c1CN1C(=O)C2CCC1CN(Cc1ccccn1)C2. The maximum absolute atomic E-state index is 13.0. The second-order valence-corrected chi connectivity index (χ2v) is 7.21. The van der Waals surface area contributed by atoms with E-state index < -0.39 is 0 Å². The summed E-state index contributed by atoms with van der Waals surface area (Å²) in [6, 6.07) is 6.26. The van der Waals surface area contributed by atoms with Gasteiger partial charge in [-0.15, -0.1) is 0 Å². The fourth-order valence-electron chi connectivity index (χ4n) is 4.09. The van der Waals surface area contributed by atoms with Crippen molar-refractivity contribution in [3.05, 3.63) is 47.1 Å². The molecule has 0 aromatic carbocycles. The molecule has 3 aliphatic rings. The average molecular weight is 340 g/mol. The van der Waals surface area contributed by atoms with Gasteiger partial charge in [0, 0.05) is 37.4 Å². The largest absolute Gasteiger partial charge is 0.361 e. The van der Waals surface area contributed by atoms with Gasteiger partial charge in [-0.3, -0.25) is 14.7 Å². The number of fused-ring (bicyclic) bond motifs is 4. The van der Waals surface area contributed by atoms with E-state index in [-0.39, 0.29) is 17.9 Å². The van der Waals surface area contributed by atoms with E-state index >= 15 is 0 Å². The Balaban J connectivity index is 1.53. The molecule has 2 bridgehead atoms. The lowest BCUT2D eigenvalue weighted by atomic mass is 9.93. The van der Waals surface area contributed by atoms with Crippen molar-refractivity contribution >= 4 is 5.91 Å². The van der Waals surface area contributed by atoms with Gasteiger partial charge in [-0.1, -0.05) is 11.2 Å². The van der Waals surface area contributed by atoms with Gasteiger partial charge in [-0.2, -0.15) is 0 Å². The molecule has 0 N–H and O–H groups in total. The third kappa shape index (κ3) is 3.18. The summed E-state index contributed by atoms with van der Waals surface area (Å²) >= 11 is 0. The first kappa shape index (κ1) is 16.3. The van der Waals surface area contributed by atoms with Crippen LogP contribution < -0.4 is 0 Å². The minimum absolute atomic E-state index is 0.0861. The number of rotatable bonds is 4. The van der Waals surface area contributed by atoms with E-state index in [1.165, 1.54) is 0 Å². The summed E-state index contributed by atoms with van der Waals surface area (Å²) in [5.74, 6) is 1.18. The maximum atomic E-state index is 13.0. The van der Waals surface area contributed by atoms with Gasteiger partial charge in [0.15, 0.2) is 0 Å². The van der Waals surface area contributed by atoms with Crippen LogP contribution in [0.25, 0.3) is 0 Å². The minimum Gasteiger partial charge on any atom is -0.361 e. The molecule has 3 saturated heterocycles. The van der Waals surface area contributed by atoms with Gasteiger partial charge in [-0.25, -0.2) is 0 Å². The topological polar surface area (TPSA) is 62.5 Å².